The number of nitrogens with one attached hydrogen (secondary N) is 1. The maximum Gasteiger partial charge on any atom is 0.142 e. The lowest BCUT2D eigenvalue weighted by Gasteiger charge is -2.23. The molecule has 3 N–H and O–H groups in total. The van der Waals surface area contributed by atoms with E-state index in [1.165, 1.54) is 0 Å². The Morgan fingerprint density at radius 2 is 2.31 bits per heavy atom. The van der Waals surface area contributed by atoms with Crippen molar-refractivity contribution in [1.29, 1.82) is 0 Å². The van der Waals surface area contributed by atoms with Gasteiger partial charge in [0.25, 0.3) is 0 Å². The first-order valence-electron chi connectivity index (χ1n) is 5.31. The highest BCUT2D eigenvalue weighted by Crippen LogP contribution is 2.25. The van der Waals surface area contributed by atoms with E-state index in [9.17, 15) is 0 Å². The Balaban J connectivity index is 2.93. The van der Waals surface area contributed by atoms with Crippen molar-refractivity contribution in [1.82, 2.24) is 10.4 Å². The predicted octanol–water partition coefficient (Wildman–Crippen LogP) is 1.02. The highest BCUT2D eigenvalue weighted by molar-refractivity contribution is 5.30. The van der Waals surface area contributed by atoms with Gasteiger partial charge in [0.2, 0.25) is 0 Å². The van der Waals surface area contributed by atoms with Gasteiger partial charge in [-0.3, -0.25) is 10.8 Å². The van der Waals surface area contributed by atoms with E-state index in [0.717, 1.165) is 5.69 Å². The number of rotatable bonds is 6. The van der Waals surface area contributed by atoms with Gasteiger partial charge < -0.3 is 9.47 Å². The summed E-state index contributed by atoms with van der Waals surface area (Å²) in [6, 6.07) is 3.49. The lowest BCUT2D eigenvalue weighted by atomic mass is 10.1. The molecule has 0 radical (unpaired) electrons. The van der Waals surface area contributed by atoms with Crippen molar-refractivity contribution in [3.8, 4) is 5.75 Å². The number of methoxy groups -OCH3 is 1. The van der Waals surface area contributed by atoms with Crippen molar-refractivity contribution in [3.63, 3.8) is 0 Å². The Bertz CT molecular complexity index is 320. The molecular formula is C11H19N3O2. The zero-order chi connectivity index (χ0) is 12.0. The maximum absolute atomic E-state index is 5.53. The molecule has 0 saturated heterocycles. The highest BCUT2D eigenvalue weighted by atomic mass is 16.5. The first-order chi connectivity index (χ1) is 7.74. The second kappa shape index (κ2) is 6.42. The summed E-state index contributed by atoms with van der Waals surface area (Å²) in [5.74, 6) is 6.24. The lowest BCUT2D eigenvalue weighted by Crippen LogP contribution is -2.37. The Morgan fingerprint density at radius 1 is 1.56 bits per heavy atom. The van der Waals surface area contributed by atoms with Gasteiger partial charge in [-0.15, -0.1) is 0 Å². The monoisotopic (exact) mass is 225 g/mol. The van der Waals surface area contributed by atoms with Crippen molar-refractivity contribution in [2.24, 2.45) is 5.84 Å². The summed E-state index contributed by atoms with van der Waals surface area (Å²) < 4.78 is 10.8. The van der Waals surface area contributed by atoms with Crippen molar-refractivity contribution in [3.05, 3.63) is 24.0 Å². The molecule has 5 heteroatoms. The van der Waals surface area contributed by atoms with Crippen molar-refractivity contribution >= 4 is 0 Å². The number of hydrogen-bond acceptors (Lipinski definition) is 5. The number of hydrazine groups is 1. The Labute approximate surface area is 95.9 Å². The third kappa shape index (κ3) is 2.91. The topological polar surface area (TPSA) is 69.4 Å². The Hall–Kier alpha value is -1.17. The number of aromatic nitrogens is 1. The molecule has 1 heterocycles. The second-order valence-electron chi connectivity index (χ2n) is 3.40. The van der Waals surface area contributed by atoms with Crippen LogP contribution >= 0.6 is 0 Å². The summed E-state index contributed by atoms with van der Waals surface area (Å²) in [5, 5.41) is 0. The van der Waals surface area contributed by atoms with Gasteiger partial charge in [0, 0.05) is 12.8 Å². The van der Waals surface area contributed by atoms with Gasteiger partial charge >= 0.3 is 0 Å². The molecule has 1 aromatic rings. The molecule has 0 amide bonds. The largest absolute Gasteiger partial charge is 0.495 e. The minimum Gasteiger partial charge on any atom is -0.495 e. The molecule has 0 aliphatic rings. The third-order valence-electron chi connectivity index (χ3n) is 2.39. The summed E-state index contributed by atoms with van der Waals surface area (Å²) in [6.45, 7) is 4.52. The van der Waals surface area contributed by atoms with Gasteiger partial charge in [0.05, 0.1) is 19.3 Å². The fraction of sp³-hybridized carbons (Fsp3) is 0.545. The van der Waals surface area contributed by atoms with Crippen LogP contribution in [0.4, 0.5) is 0 Å². The van der Waals surface area contributed by atoms with E-state index < -0.39 is 0 Å². The molecule has 0 spiro atoms. The molecule has 2 atom stereocenters. The fourth-order valence-electron chi connectivity index (χ4n) is 1.60. The molecule has 0 aliphatic heterocycles. The van der Waals surface area contributed by atoms with Crippen LogP contribution in [0.2, 0.25) is 0 Å². The normalized spacial score (nSPS) is 14.5. The predicted molar refractivity (Wildman–Crippen MR) is 61.9 cm³/mol. The molecule has 0 saturated carbocycles. The smallest absolute Gasteiger partial charge is 0.142 e. The third-order valence-corrected chi connectivity index (χ3v) is 2.39. The molecule has 16 heavy (non-hydrogen) atoms. The second-order valence-corrected chi connectivity index (χ2v) is 3.40. The van der Waals surface area contributed by atoms with Crippen molar-refractivity contribution in [2.75, 3.05) is 13.7 Å². The summed E-state index contributed by atoms with van der Waals surface area (Å²) in [6.07, 6.45) is 1.64. The van der Waals surface area contributed by atoms with Crippen LogP contribution in [-0.2, 0) is 4.74 Å². The Kier molecular flexibility index (Phi) is 5.18. The van der Waals surface area contributed by atoms with Crippen LogP contribution in [0.5, 0.6) is 5.75 Å². The van der Waals surface area contributed by atoms with Gasteiger partial charge in [0.15, 0.2) is 0 Å². The van der Waals surface area contributed by atoms with Crippen LogP contribution in [0.1, 0.15) is 25.6 Å². The average Bonchev–Trinajstić information content (AvgIpc) is 2.31. The summed E-state index contributed by atoms with van der Waals surface area (Å²) in [7, 11) is 1.61. The SMILES string of the molecule is CCOC(C)C(NN)c1ncccc1OC. The van der Waals surface area contributed by atoms with Crippen LogP contribution < -0.4 is 16.0 Å². The first kappa shape index (κ1) is 12.9. The van der Waals surface area contributed by atoms with Gasteiger partial charge in [-0.1, -0.05) is 0 Å². The molecule has 1 rings (SSSR count). The van der Waals surface area contributed by atoms with Gasteiger partial charge in [-0.05, 0) is 26.0 Å². The molecule has 0 aromatic carbocycles. The van der Waals surface area contributed by atoms with E-state index in [0.29, 0.717) is 12.4 Å². The van der Waals surface area contributed by atoms with Crippen molar-refractivity contribution < 1.29 is 9.47 Å². The zero-order valence-electron chi connectivity index (χ0n) is 9.93. The van der Waals surface area contributed by atoms with E-state index in [-0.39, 0.29) is 12.1 Å². The minimum atomic E-state index is -0.184. The van der Waals surface area contributed by atoms with Crippen molar-refractivity contribution in [2.45, 2.75) is 26.0 Å². The number of pyridine rings is 1. The van der Waals surface area contributed by atoms with Crippen LogP contribution in [0, 0.1) is 0 Å². The van der Waals surface area contributed by atoms with E-state index in [1.54, 1.807) is 13.3 Å². The van der Waals surface area contributed by atoms with Crippen LogP contribution in [-0.4, -0.2) is 24.8 Å². The molecule has 5 nitrogen and oxygen atoms in total. The molecule has 2 unspecified atom stereocenters. The van der Waals surface area contributed by atoms with Gasteiger partial charge in [0.1, 0.15) is 11.4 Å². The number of nitrogens with zero attached hydrogens (tertiary/aromatic N) is 1. The van der Waals surface area contributed by atoms with Gasteiger partial charge in [-0.25, -0.2) is 5.43 Å². The van der Waals surface area contributed by atoms with Crippen LogP contribution in [0.25, 0.3) is 0 Å². The minimum absolute atomic E-state index is 0.0706. The molecule has 0 fully saturated rings. The standard InChI is InChI=1S/C11H19N3O2/c1-4-16-8(2)10(14-12)11-9(15-3)6-5-7-13-11/h5-8,10,14H,4,12H2,1-3H3. The summed E-state index contributed by atoms with van der Waals surface area (Å²) in [4.78, 5) is 4.28. The quantitative estimate of drug-likeness (QED) is 0.559. The van der Waals surface area contributed by atoms with E-state index in [2.05, 4.69) is 10.4 Å². The average molecular weight is 225 g/mol. The number of nitrogens with two attached hydrogens (primary N) is 1. The molecular weight excluding hydrogens is 206 g/mol. The summed E-state index contributed by atoms with van der Waals surface area (Å²) >= 11 is 0. The molecule has 0 aliphatic carbocycles. The summed E-state index contributed by atoms with van der Waals surface area (Å²) in [5.41, 5.74) is 3.47. The fourth-order valence-corrected chi connectivity index (χ4v) is 1.60. The lowest BCUT2D eigenvalue weighted by molar-refractivity contribution is 0.0454. The molecule has 90 valence electrons. The molecule has 0 bridgehead atoms. The molecule has 1 aromatic heterocycles. The van der Waals surface area contributed by atoms with E-state index in [1.807, 2.05) is 26.0 Å². The Morgan fingerprint density at radius 3 is 2.88 bits per heavy atom. The van der Waals surface area contributed by atoms with Crippen LogP contribution in [0.3, 0.4) is 0 Å². The number of hydrogen-bond donors (Lipinski definition) is 2. The van der Waals surface area contributed by atoms with Crippen LogP contribution in [0.15, 0.2) is 18.3 Å². The van der Waals surface area contributed by atoms with E-state index >= 15 is 0 Å². The van der Waals surface area contributed by atoms with Gasteiger partial charge in [-0.2, -0.15) is 0 Å². The first-order valence-corrected chi connectivity index (χ1v) is 5.31. The zero-order valence-corrected chi connectivity index (χ0v) is 9.93. The number of ether oxygens (including phenoxy) is 2. The van der Waals surface area contributed by atoms with E-state index in [4.69, 9.17) is 15.3 Å². The highest BCUT2D eigenvalue weighted by Gasteiger charge is 2.22. The maximum atomic E-state index is 5.53.